The number of anilines is 1. The lowest BCUT2D eigenvalue weighted by molar-refractivity contribution is 0.0949. The number of hydrogen-bond donors (Lipinski definition) is 2. The number of ether oxygens (including phenoxy) is 1. The van der Waals surface area contributed by atoms with E-state index in [1.807, 2.05) is 30.3 Å². The maximum Gasteiger partial charge on any atom is 0.271 e. The SMILES string of the molecule is COc1cccc(CCNC(=O)c2cnc(NCc3cccc(C)c3)cn2)c1. The van der Waals surface area contributed by atoms with Gasteiger partial charge in [0.1, 0.15) is 17.3 Å². The van der Waals surface area contributed by atoms with Crippen LogP contribution in [0.5, 0.6) is 5.75 Å². The van der Waals surface area contributed by atoms with Gasteiger partial charge in [0.2, 0.25) is 0 Å². The van der Waals surface area contributed by atoms with Crippen LogP contribution in [-0.2, 0) is 13.0 Å². The smallest absolute Gasteiger partial charge is 0.271 e. The van der Waals surface area contributed by atoms with Gasteiger partial charge in [0, 0.05) is 13.1 Å². The van der Waals surface area contributed by atoms with E-state index >= 15 is 0 Å². The molecule has 1 amide bonds. The summed E-state index contributed by atoms with van der Waals surface area (Å²) in [6.07, 6.45) is 3.78. The highest BCUT2D eigenvalue weighted by Crippen LogP contribution is 2.12. The molecule has 0 saturated heterocycles. The van der Waals surface area contributed by atoms with Gasteiger partial charge in [0.25, 0.3) is 5.91 Å². The Morgan fingerprint density at radius 1 is 1.04 bits per heavy atom. The first-order valence-electron chi connectivity index (χ1n) is 9.16. The third-order valence-corrected chi connectivity index (χ3v) is 4.27. The predicted octanol–water partition coefficient (Wildman–Crippen LogP) is 3.38. The fourth-order valence-electron chi connectivity index (χ4n) is 2.79. The second kappa shape index (κ2) is 9.50. The van der Waals surface area contributed by atoms with Gasteiger partial charge in [0.15, 0.2) is 0 Å². The van der Waals surface area contributed by atoms with E-state index in [-0.39, 0.29) is 5.91 Å². The number of nitrogens with one attached hydrogen (secondary N) is 2. The molecule has 3 rings (SSSR count). The van der Waals surface area contributed by atoms with Crippen molar-refractivity contribution in [2.75, 3.05) is 19.0 Å². The molecule has 6 heteroatoms. The van der Waals surface area contributed by atoms with E-state index in [9.17, 15) is 4.79 Å². The number of carbonyl (C=O) groups excluding carboxylic acids is 1. The van der Waals surface area contributed by atoms with Gasteiger partial charge < -0.3 is 15.4 Å². The fraction of sp³-hybridized carbons (Fsp3) is 0.227. The summed E-state index contributed by atoms with van der Waals surface area (Å²) in [4.78, 5) is 20.7. The van der Waals surface area contributed by atoms with Crippen molar-refractivity contribution < 1.29 is 9.53 Å². The van der Waals surface area contributed by atoms with Crippen LogP contribution in [0.15, 0.2) is 60.9 Å². The standard InChI is InChI=1S/C22H24N4O2/c1-16-5-3-7-18(11-16)13-25-21-15-24-20(14-26-21)22(27)23-10-9-17-6-4-8-19(12-17)28-2/h3-8,11-12,14-15H,9-10,13H2,1-2H3,(H,23,27)(H,25,26). The second-order valence-electron chi connectivity index (χ2n) is 6.49. The monoisotopic (exact) mass is 376 g/mol. The van der Waals surface area contributed by atoms with Gasteiger partial charge in [-0.1, -0.05) is 42.0 Å². The Balaban J connectivity index is 1.47. The summed E-state index contributed by atoms with van der Waals surface area (Å²) in [5.41, 5.74) is 3.78. The highest BCUT2D eigenvalue weighted by molar-refractivity contribution is 5.92. The number of rotatable bonds is 8. The number of amides is 1. The third-order valence-electron chi connectivity index (χ3n) is 4.27. The minimum atomic E-state index is -0.236. The average molecular weight is 376 g/mol. The summed E-state index contributed by atoms with van der Waals surface area (Å²) in [5, 5.41) is 6.08. The topological polar surface area (TPSA) is 76.1 Å². The number of hydrogen-bond acceptors (Lipinski definition) is 5. The Bertz CT molecular complexity index is 926. The lowest BCUT2D eigenvalue weighted by Crippen LogP contribution is -2.26. The molecule has 0 spiro atoms. The van der Waals surface area contributed by atoms with Crippen LogP contribution in [0.1, 0.15) is 27.2 Å². The van der Waals surface area contributed by atoms with Gasteiger partial charge in [-0.2, -0.15) is 0 Å². The van der Waals surface area contributed by atoms with Gasteiger partial charge >= 0.3 is 0 Å². The molecule has 0 radical (unpaired) electrons. The van der Waals surface area contributed by atoms with Crippen LogP contribution in [0.25, 0.3) is 0 Å². The minimum Gasteiger partial charge on any atom is -0.497 e. The maximum atomic E-state index is 12.2. The molecule has 0 aliphatic carbocycles. The van der Waals surface area contributed by atoms with Crippen molar-refractivity contribution in [1.29, 1.82) is 0 Å². The van der Waals surface area contributed by atoms with Crippen LogP contribution < -0.4 is 15.4 Å². The lowest BCUT2D eigenvalue weighted by atomic mass is 10.1. The molecule has 0 bridgehead atoms. The van der Waals surface area contributed by atoms with E-state index in [0.29, 0.717) is 31.0 Å². The molecule has 0 aliphatic heterocycles. The summed E-state index contributed by atoms with van der Waals surface area (Å²) >= 11 is 0. The molecular formula is C22H24N4O2. The number of nitrogens with zero attached hydrogens (tertiary/aromatic N) is 2. The highest BCUT2D eigenvalue weighted by atomic mass is 16.5. The number of aromatic nitrogens is 2. The number of methoxy groups -OCH3 is 1. The molecule has 6 nitrogen and oxygen atoms in total. The van der Waals surface area contributed by atoms with Crippen LogP contribution in [0, 0.1) is 6.92 Å². The van der Waals surface area contributed by atoms with E-state index in [2.05, 4.69) is 45.7 Å². The van der Waals surface area contributed by atoms with E-state index in [4.69, 9.17) is 4.74 Å². The molecule has 2 N–H and O–H groups in total. The van der Waals surface area contributed by atoms with Gasteiger partial charge in [-0.3, -0.25) is 4.79 Å². The predicted molar refractivity (Wildman–Crippen MR) is 110 cm³/mol. The largest absolute Gasteiger partial charge is 0.497 e. The average Bonchev–Trinajstić information content (AvgIpc) is 2.73. The Kier molecular flexibility index (Phi) is 6.57. The summed E-state index contributed by atoms with van der Waals surface area (Å²) < 4.78 is 5.21. The van der Waals surface area contributed by atoms with E-state index in [0.717, 1.165) is 11.3 Å². The van der Waals surface area contributed by atoms with Crippen LogP contribution in [0.4, 0.5) is 5.82 Å². The second-order valence-corrected chi connectivity index (χ2v) is 6.49. The van der Waals surface area contributed by atoms with Crippen LogP contribution in [0.3, 0.4) is 0 Å². The number of carbonyl (C=O) groups is 1. The molecular weight excluding hydrogens is 352 g/mol. The Morgan fingerprint density at radius 2 is 1.86 bits per heavy atom. The van der Waals surface area contributed by atoms with Crippen molar-refractivity contribution in [1.82, 2.24) is 15.3 Å². The number of aryl methyl sites for hydroxylation is 1. The van der Waals surface area contributed by atoms with Gasteiger partial charge in [0.05, 0.1) is 19.5 Å². The van der Waals surface area contributed by atoms with Gasteiger partial charge in [-0.15, -0.1) is 0 Å². The first-order chi connectivity index (χ1) is 13.6. The van der Waals surface area contributed by atoms with E-state index < -0.39 is 0 Å². The van der Waals surface area contributed by atoms with Crippen molar-refractivity contribution in [3.05, 3.63) is 83.3 Å². The molecule has 0 unspecified atom stereocenters. The number of benzene rings is 2. The van der Waals surface area contributed by atoms with Crippen LogP contribution in [-0.4, -0.2) is 29.5 Å². The Morgan fingerprint density at radius 3 is 2.61 bits per heavy atom. The highest BCUT2D eigenvalue weighted by Gasteiger charge is 2.08. The Labute approximate surface area is 165 Å². The normalized spacial score (nSPS) is 10.4. The molecule has 1 aromatic heterocycles. The first kappa shape index (κ1) is 19.4. The molecule has 3 aromatic rings. The fourth-order valence-corrected chi connectivity index (χ4v) is 2.79. The molecule has 144 valence electrons. The van der Waals surface area contributed by atoms with Crippen molar-refractivity contribution in [3.63, 3.8) is 0 Å². The zero-order chi connectivity index (χ0) is 19.8. The maximum absolute atomic E-state index is 12.2. The molecule has 28 heavy (non-hydrogen) atoms. The van der Waals surface area contributed by atoms with Crippen molar-refractivity contribution in [2.45, 2.75) is 19.9 Å². The van der Waals surface area contributed by atoms with Gasteiger partial charge in [-0.25, -0.2) is 9.97 Å². The van der Waals surface area contributed by atoms with Crippen molar-refractivity contribution in [3.8, 4) is 5.75 Å². The van der Waals surface area contributed by atoms with Crippen LogP contribution >= 0.6 is 0 Å². The first-order valence-corrected chi connectivity index (χ1v) is 9.16. The molecule has 0 atom stereocenters. The van der Waals surface area contributed by atoms with E-state index in [1.54, 1.807) is 13.3 Å². The summed E-state index contributed by atoms with van der Waals surface area (Å²) in [6.45, 7) is 3.23. The van der Waals surface area contributed by atoms with Crippen molar-refractivity contribution in [2.24, 2.45) is 0 Å². The zero-order valence-corrected chi connectivity index (χ0v) is 16.1. The Hall–Kier alpha value is -3.41. The van der Waals surface area contributed by atoms with Gasteiger partial charge in [-0.05, 0) is 36.6 Å². The molecule has 0 saturated carbocycles. The minimum absolute atomic E-state index is 0.236. The molecule has 2 aromatic carbocycles. The van der Waals surface area contributed by atoms with E-state index in [1.165, 1.54) is 17.3 Å². The summed E-state index contributed by atoms with van der Waals surface area (Å²) in [7, 11) is 1.64. The van der Waals surface area contributed by atoms with Crippen molar-refractivity contribution >= 4 is 11.7 Å². The molecule has 1 heterocycles. The summed E-state index contributed by atoms with van der Waals surface area (Å²) in [6, 6.07) is 16.0. The zero-order valence-electron chi connectivity index (χ0n) is 16.1. The third kappa shape index (κ3) is 5.54. The van der Waals surface area contributed by atoms with Crippen LogP contribution in [0.2, 0.25) is 0 Å². The molecule has 0 fully saturated rings. The quantitative estimate of drug-likeness (QED) is 0.630. The molecule has 0 aliphatic rings. The summed E-state index contributed by atoms with van der Waals surface area (Å²) in [5.74, 6) is 1.21. The lowest BCUT2D eigenvalue weighted by Gasteiger charge is -2.08.